The number of carboxylic acids is 5. The number of carbonyl (C=O) groups excluding carboxylic acids is 5. The van der Waals surface area contributed by atoms with Crippen LogP contribution in [0, 0.1) is 143 Å². The van der Waals surface area contributed by atoms with Crippen molar-refractivity contribution in [3.05, 3.63) is 116 Å². The van der Waals surface area contributed by atoms with Crippen LogP contribution in [0.5, 0.6) is 0 Å². The predicted molar refractivity (Wildman–Crippen MR) is 435 cm³/mol. The van der Waals surface area contributed by atoms with Gasteiger partial charge in [0.2, 0.25) is 0 Å². The van der Waals surface area contributed by atoms with Gasteiger partial charge in [0.05, 0.1) is 0 Å². The van der Waals surface area contributed by atoms with Gasteiger partial charge in [-0.25, -0.2) is 0 Å². The first-order chi connectivity index (χ1) is 51.4. The van der Waals surface area contributed by atoms with Crippen LogP contribution < -0.4 is 25.5 Å². The number of carbonyl (C=O) groups is 5. The molecule has 0 N–H and O–H groups in total. The van der Waals surface area contributed by atoms with Gasteiger partial charge in [-0.3, -0.25) is 0 Å². The molecule has 0 heterocycles. The maximum absolute atomic E-state index is 11.8. The normalized spacial score (nSPS) is 40.9. The summed E-state index contributed by atoms with van der Waals surface area (Å²) in [6.45, 7) is 44.1. The van der Waals surface area contributed by atoms with Gasteiger partial charge in [-0.05, 0) is 304 Å². The average Bonchev–Trinajstić information content (AvgIpc) is 0.751. The Morgan fingerprint density at radius 1 is 0.270 bits per heavy atom. The molecule has 0 aromatic rings. The summed E-state index contributed by atoms with van der Waals surface area (Å²) < 4.78 is 0. The quantitative estimate of drug-likeness (QED) is 0.203. The number of hydrogen-bond donors (Lipinski definition) is 0. The van der Waals surface area contributed by atoms with Gasteiger partial charge < -0.3 is 49.5 Å². The Balaban J connectivity index is 0.000000147. The Morgan fingerprint density at radius 3 is 0.541 bits per heavy atom. The number of carboxylic acid groups (broad SMARTS) is 5. The van der Waals surface area contributed by atoms with Crippen molar-refractivity contribution in [2.24, 2.45) is 143 Å². The zero-order valence-electron chi connectivity index (χ0n) is 72.7. The summed E-state index contributed by atoms with van der Waals surface area (Å²) in [6, 6.07) is 0. The molecule has 15 aliphatic rings. The Bertz CT molecular complexity index is 3290. The first kappa shape index (κ1) is 88.7. The molecule has 0 saturated heterocycles. The number of aliphatic carboxylic acids is 5. The molecule has 0 spiro atoms. The molecule has 15 rings (SSSR count). The molecular weight excluding hydrogens is 1410 g/mol. The molecule has 5 saturated carbocycles. The average molecular weight is 1560 g/mol. The molecule has 0 aliphatic heterocycles. The fourth-order valence-electron chi connectivity index (χ4n) is 27.9. The van der Waals surface area contributed by atoms with E-state index in [-0.39, 0.29) is 75.2 Å². The first-order valence-corrected chi connectivity index (χ1v) is 44.5. The Kier molecular flexibility index (Phi) is 26.7. The number of rotatable bonds is 10. The van der Waals surface area contributed by atoms with Gasteiger partial charge in [-0.2, -0.15) is 0 Å². The second-order valence-corrected chi connectivity index (χ2v) is 42.6. The van der Waals surface area contributed by atoms with Gasteiger partial charge in [-0.15, -0.1) is 0 Å². The van der Waals surface area contributed by atoms with Crippen LogP contribution in [-0.4, -0.2) is 29.8 Å². The largest absolute Gasteiger partial charge is 0.550 e. The zero-order valence-corrected chi connectivity index (χ0v) is 74.1. The van der Waals surface area contributed by atoms with E-state index in [0.717, 1.165) is 128 Å². The standard InChI is InChI=1S/5C20H30O2.V/c5*1-13(2)14-6-8-16-15(12-14)7-9-17-19(16,3)10-5-11-20(17,4)18(21)22;/h5*7,12-13,16-17H,5-6,8-11H2,1-4H3,(H,21,22);/p-5/t5*16-,17+,19+,20+;/m00000./s1. The second-order valence-electron chi connectivity index (χ2n) is 42.6. The van der Waals surface area contributed by atoms with Crippen LogP contribution in [0.15, 0.2) is 116 Å². The second kappa shape index (κ2) is 33.4. The minimum Gasteiger partial charge on any atom is -0.550 e. The van der Waals surface area contributed by atoms with E-state index in [9.17, 15) is 49.5 Å². The predicted octanol–water partition coefficient (Wildman–Crippen LogP) is 19.4. The van der Waals surface area contributed by atoms with Gasteiger partial charge in [-0.1, -0.05) is 259 Å². The summed E-state index contributed by atoms with van der Waals surface area (Å²) in [6.07, 6.45) is 54.8. The van der Waals surface area contributed by atoms with Crippen molar-refractivity contribution >= 4 is 29.8 Å². The molecule has 1 radical (unpaired) electrons. The summed E-state index contributed by atoms with van der Waals surface area (Å²) in [5.41, 5.74) is 12.5. The summed E-state index contributed by atoms with van der Waals surface area (Å²) in [5, 5.41) is 59.2. The summed E-state index contributed by atoms with van der Waals surface area (Å²) >= 11 is 0. The molecule has 10 nitrogen and oxygen atoms in total. The van der Waals surface area contributed by atoms with E-state index in [1.807, 2.05) is 34.6 Å². The molecule has 0 amide bonds. The molecule has 615 valence electrons. The van der Waals surface area contributed by atoms with E-state index < -0.39 is 56.9 Å². The molecule has 0 unspecified atom stereocenters. The van der Waals surface area contributed by atoms with E-state index in [2.05, 4.69) is 165 Å². The molecule has 0 aromatic heterocycles. The Morgan fingerprint density at radius 2 is 0.414 bits per heavy atom. The van der Waals surface area contributed by atoms with Crippen LogP contribution in [0.1, 0.15) is 331 Å². The number of hydrogen-bond acceptors (Lipinski definition) is 10. The first-order valence-electron chi connectivity index (χ1n) is 44.5. The molecule has 11 heteroatoms. The summed E-state index contributed by atoms with van der Waals surface area (Å²) in [4.78, 5) is 59.2. The van der Waals surface area contributed by atoms with E-state index in [0.29, 0.717) is 59.2 Å². The van der Waals surface area contributed by atoms with Crippen LogP contribution >= 0.6 is 0 Å². The van der Waals surface area contributed by atoms with E-state index >= 15 is 0 Å². The van der Waals surface area contributed by atoms with Crippen LogP contribution in [0.25, 0.3) is 0 Å². The third-order valence-electron chi connectivity index (χ3n) is 35.2. The third kappa shape index (κ3) is 16.0. The smallest absolute Gasteiger partial charge is 0.0476 e. The van der Waals surface area contributed by atoms with Gasteiger partial charge in [0.15, 0.2) is 0 Å². The molecule has 0 aromatic carbocycles. The topological polar surface area (TPSA) is 201 Å². The van der Waals surface area contributed by atoms with Crippen molar-refractivity contribution < 1.29 is 68.1 Å². The van der Waals surface area contributed by atoms with Crippen molar-refractivity contribution in [3.63, 3.8) is 0 Å². The van der Waals surface area contributed by atoms with Gasteiger partial charge in [0.1, 0.15) is 0 Å². The minimum absolute atomic E-state index is 0. The monoisotopic (exact) mass is 1560 g/mol. The molecular formula is C100H145O10V-5. The maximum Gasteiger partial charge on any atom is 0.0476 e. The van der Waals surface area contributed by atoms with Crippen molar-refractivity contribution in [1.82, 2.24) is 0 Å². The van der Waals surface area contributed by atoms with Crippen molar-refractivity contribution in [3.8, 4) is 0 Å². The zero-order chi connectivity index (χ0) is 80.6. The van der Waals surface area contributed by atoms with Gasteiger partial charge in [0, 0.05) is 75.5 Å². The van der Waals surface area contributed by atoms with Crippen LogP contribution in [0.4, 0.5) is 0 Å². The molecule has 111 heavy (non-hydrogen) atoms. The third-order valence-corrected chi connectivity index (χ3v) is 35.2. The van der Waals surface area contributed by atoms with Gasteiger partial charge >= 0.3 is 0 Å². The van der Waals surface area contributed by atoms with Crippen molar-refractivity contribution in [2.75, 3.05) is 0 Å². The van der Waals surface area contributed by atoms with Crippen LogP contribution in [-0.2, 0) is 42.5 Å². The van der Waals surface area contributed by atoms with E-state index in [4.69, 9.17) is 0 Å². The Labute approximate surface area is 684 Å². The molecule has 5 fully saturated rings. The summed E-state index contributed by atoms with van der Waals surface area (Å²) in [5.74, 6) is 2.69. The molecule has 0 bridgehead atoms. The van der Waals surface area contributed by atoms with E-state index in [1.54, 1.807) is 27.9 Å². The minimum atomic E-state index is -0.838. The fourth-order valence-corrected chi connectivity index (χ4v) is 27.9. The van der Waals surface area contributed by atoms with Crippen LogP contribution in [0.3, 0.4) is 0 Å². The molecule has 15 aliphatic carbocycles. The molecule has 20 atom stereocenters. The van der Waals surface area contributed by atoms with Gasteiger partial charge in [0.25, 0.3) is 0 Å². The van der Waals surface area contributed by atoms with E-state index in [1.165, 1.54) is 92.1 Å². The van der Waals surface area contributed by atoms with Crippen LogP contribution in [0.2, 0.25) is 0 Å². The summed E-state index contributed by atoms with van der Waals surface area (Å²) in [7, 11) is 0. The van der Waals surface area contributed by atoms with Crippen molar-refractivity contribution in [2.45, 2.75) is 331 Å². The maximum atomic E-state index is 11.8. The number of fused-ring (bicyclic) bond motifs is 15. The number of allylic oxidation sites excluding steroid dienone is 20. The fraction of sp³-hybridized carbons (Fsp3) is 0.750. The Hall–Kier alpha value is -4.67. The van der Waals surface area contributed by atoms with Crippen molar-refractivity contribution in [1.29, 1.82) is 0 Å². The SMILES string of the molecule is CC(C)C1=CC2=CC[C@@H]3[C@](C)(CCC[C@@]3(C)C(=O)[O-])[C@H]2CC1.CC(C)C1=CC2=CC[C@@H]3[C@](C)(CCC[C@@]3(C)C(=O)[O-])[C@H]2CC1.CC(C)C1=CC2=CC[C@@H]3[C@](C)(CCC[C@@]3(C)C(=O)[O-])[C@H]2CC1.CC(C)C1=CC2=CC[C@@H]3[C@](C)(CCC[C@@]3(C)C(=O)[O-])[C@H]2CC1.CC(C)C1=CC2=CC[C@@H]3[C@](C)(CCC[C@@]3(C)C(=O)[O-])[C@H]2CC1.[V].